The Bertz CT molecular complexity index is 718. The summed E-state index contributed by atoms with van der Waals surface area (Å²) in [6.07, 6.45) is 22.6. The third kappa shape index (κ3) is 5.31. The topological polar surface area (TPSA) is 29.5 Å². The lowest BCUT2D eigenvalue weighted by Crippen LogP contribution is -2.50. The SMILES string of the molecule is C/C=C\C(=C/C)OCCCCC1CCC2C3CC=C4C[C@@H](O)CCC4(C)C3CCC12C.CC. The van der Waals surface area contributed by atoms with Crippen molar-refractivity contribution < 1.29 is 9.84 Å². The van der Waals surface area contributed by atoms with Crippen LogP contribution in [-0.4, -0.2) is 17.8 Å². The molecular weight excluding hydrogens is 404 g/mol. The van der Waals surface area contributed by atoms with Crippen molar-refractivity contribution in [2.24, 2.45) is 34.5 Å². The summed E-state index contributed by atoms with van der Waals surface area (Å²) >= 11 is 0. The molecule has 188 valence electrons. The minimum absolute atomic E-state index is 0.0912. The number of aliphatic hydroxyl groups is 1. The minimum Gasteiger partial charge on any atom is -0.494 e. The van der Waals surface area contributed by atoms with Crippen LogP contribution in [0.15, 0.2) is 35.6 Å². The molecule has 3 saturated carbocycles. The van der Waals surface area contributed by atoms with Gasteiger partial charge >= 0.3 is 0 Å². The smallest absolute Gasteiger partial charge is 0.114 e. The van der Waals surface area contributed by atoms with Gasteiger partial charge in [-0.3, -0.25) is 0 Å². The van der Waals surface area contributed by atoms with E-state index >= 15 is 0 Å². The van der Waals surface area contributed by atoms with Crippen LogP contribution in [-0.2, 0) is 4.74 Å². The largest absolute Gasteiger partial charge is 0.494 e. The molecule has 0 spiro atoms. The lowest BCUT2D eigenvalue weighted by Gasteiger charge is -2.58. The summed E-state index contributed by atoms with van der Waals surface area (Å²) in [6.45, 7) is 14.1. The lowest BCUT2D eigenvalue weighted by atomic mass is 9.47. The van der Waals surface area contributed by atoms with Crippen molar-refractivity contribution in [3.05, 3.63) is 35.6 Å². The number of hydrogen-bond donors (Lipinski definition) is 1. The van der Waals surface area contributed by atoms with E-state index in [-0.39, 0.29) is 6.10 Å². The van der Waals surface area contributed by atoms with Crippen LogP contribution in [0.2, 0.25) is 0 Å². The van der Waals surface area contributed by atoms with Crippen molar-refractivity contribution in [1.29, 1.82) is 0 Å². The predicted molar refractivity (Wildman–Crippen MR) is 141 cm³/mol. The fraction of sp³-hybridized carbons (Fsp3) is 0.806. The predicted octanol–water partition coefficient (Wildman–Crippen LogP) is 8.62. The average Bonchev–Trinajstić information content (AvgIpc) is 3.16. The summed E-state index contributed by atoms with van der Waals surface area (Å²) in [5, 5.41) is 10.2. The zero-order valence-electron chi connectivity index (χ0n) is 22.5. The van der Waals surface area contributed by atoms with Crippen molar-refractivity contribution in [3.63, 3.8) is 0 Å². The normalized spacial score (nSPS) is 40.3. The van der Waals surface area contributed by atoms with Gasteiger partial charge in [0.2, 0.25) is 0 Å². The van der Waals surface area contributed by atoms with Crippen molar-refractivity contribution in [3.8, 4) is 0 Å². The molecule has 0 aromatic carbocycles. The Hall–Kier alpha value is -1.02. The highest BCUT2D eigenvalue weighted by Crippen LogP contribution is 2.66. The Morgan fingerprint density at radius 3 is 2.58 bits per heavy atom. The molecular formula is C31H52O2. The minimum atomic E-state index is -0.0912. The zero-order chi connectivity index (χ0) is 24.1. The number of fused-ring (bicyclic) bond motifs is 5. The van der Waals surface area contributed by atoms with Gasteiger partial charge in [0, 0.05) is 0 Å². The van der Waals surface area contributed by atoms with Crippen molar-refractivity contribution in [1.82, 2.24) is 0 Å². The van der Waals surface area contributed by atoms with E-state index in [9.17, 15) is 5.11 Å². The molecule has 0 aliphatic heterocycles. The highest BCUT2D eigenvalue weighted by atomic mass is 16.5. The molecule has 6 unspecified atom stereocenters. The van der Waals surface area contributed by atoms with Gasteiger partial charge in [-0.15, -0.1) is 0 Å². The van der Waals surface area contributed by atoms with Crippen molar-refractivity contribution >= 4 is 0 Å². The van der Waals surface area contributed by atoms with Crippen LogP contribution < -0.4 is 0 Å². The number of hydrogen-bond acceptors (Lipinski definition) is 2. The number of ether oxygens (including phenoxy) is 1. The van der Waals surface area contributed by atoms with Gasteiger partial charge < -0.3 is 9.84 Å². The lowest BCUT2D eigenvalue weighted by molar-refractivity contribution is -0.0509. The molecule has 2 heteroatoms. The van der Waals surface area contributed by atoms with E-state index in [1.54, 1.807) is 5.57 Å². The summed E-state index contributed by atoms with van der Waals surface area (Å²) < 4.78 is 5.92. The molecule has 0 aromatic rings. The third-order valence-corrected chi connectivity index (χ3v) is 10.1. The van der Waals surface area contributed by atoms with E-state index in [1.807, 2.05) is 33.8 Å². The van der Waals surface area contributed by atoms with E-state index in [0.717, 1.165) is 48.9 Å². The van der Waals surface area contributed by atoms with Gasteiger partial charge in [-0.2, -0.15) is 0 Å². The maximum absolute atomic E-state index is 10.2. The molecule has 33 heavy (non-hydrogen) atoms. The summed E-state index contributed by atoms with van der Waals surface area (Å²) in [5.41, 5.74) is 2.53. The van der Waals surface area contributed by atoms with Gasteiger partial charge in [0.25, 0.3) is 0 Å². The van der Waals surface area contributed by atoms with Crippen LogP contribution in [0.4, 0.5) is 0 Å². The van der Waals surface area contributed by atoms with E-state index < -0.39 is 0 Å². The molecule has 3 fully saturated rings. The first-order valence-corrected chi connectivity index (χ1v) is 14.2. The van der Waals surface area contributed by atoms with Gasteiger partial charge in [0.05, 0.1) is 12.7 Å². The van der Waals surface area contributed by atoms with Crippen LogP contribution in [0.25, 0.3) is 0 Å². The quantitative estimate of drug-likeness (QED) is 0.180. The maximum Gasteiger partial charge on any atom is 0.114 e. The van der Waals surface area contributed by atoms with Crippen LogP contribution >= 0.6 is 0 Å². The van der Waals surface area contributed by atoms with Gasteiger partial charge in [-0.1, -0.05) is 45.4 Å². The van der Waals surface area contributed by atoms with E-state index in [2.05, 4.69) is 32.1 Å². The Kier molecular flexibility index (Phi) is 9.35. The molecule has 4 aliphatic carbocycles. The highest BCUT2D eigenvalue weighted by Gasteiger charge is 2.58. The summed E-state index contributed by atoms with van der Waals surface area (Å²) in [6, 6.07) is 0. The highest BCUT2D eigenvalue weighted by molar-refractivity contribution is 5.25. The molecule has 2 nitrogen and oxygen atoms in total. The second-order valence-corrected chi connectivity index (χ2v) is 11.5. The molecule has 1 N–H and O–H groups in total. The van der Waals surface area contributed by atoms with Gasteiger partial charge in [-0.25, -0.2) is 0 Å². The molecule has 0 aromatic heterocycles. The molecule has 4 rings (SSSR count). The summed E-state index contributed by atoms with van der Waals surface area (Å²) in [4.78, 5) is 0. The summed E-state index contributed by atoms with van der Waals surface area (Å²) in [5.74, 6) is 4.56. The molecule has 0 bridgehead atoms. The fourth-order valence-electron chi connectivity index (χ4n) is 8.30. The van der Waals surface area contributed by atoms with Crippen molar-refractivity contribution in [2.75, 3.05) is 6.61 Å². The Labute approximate surface area is 205 Å². The fourth-order valence-corrected chi connectivity index (χ4v) is 8.30. The first-order valence-electron chi connectivity index (χ1n) is 14.2. The van der Waals surface area contributed by atoms with E-state index in [0.29, 0.717) is 10.8 Å². The van der Waals surface area contributed by atoms with Crippen LogP contribution in [0.3, 0.4) is 0 Å². The third-order valence-electron chi connectivity index (χ3n) is 10.1. The molecule has 0 amide bonds. The van der Waals surface area contributed by atoms with E-state index in [4.69, 9.17) is 4.74 Å². The second-order valence-electron chi connectivity index (χ2n) is 11.5. The van der Waals surface area contributed by atoms with Gasteiger partial charge in [0.1, 0.15) is 5.76 Å². The zero-order valence-corrected chi connectivity index (χ0v) is 22.5. The summed E-state index contributed by atoms with van der Waals surface area (Å²) in [7, 11) is 0. The average molecular weight is 457 g/mol. The molecule has 0 radical (unpaired) electrons. The molecule has 0 heterocycles. The monoisotopic (exact) mass is 456 g/mol. The molecule has 7 atom stereocenters. The van der Waals surface area contributed by atoms with Gasteiger partial charge in [0.15, 0.2) is 0 Å². The number of allylic oxidation sites excluding steroid dienone is 4. The second kappa shape index (κ2) is 11.6. The van der Waals surface area contributed by atoms with Crippen LogP contribution in [0.1, 0.15) is 112 Å². The van der Waals surface area contributed by atoms with Crippen molar-refractivity contribution in [2.45, 2.75) is 118 Å². The Morgan fingerprint density at radius 2 is 1.85 bits per heavy atom. The first-order chi connectivity index (χ1) is 15.9. The molecule has 4 aliphatic rings. The Morgan fingerprint density at radius 1 is 1.06 bits per heavy atom. The number of rotatable bonds is 7. The van der Waals surface area contributed by atoms with Crippen LogP contribution in [0.5, 0.6) is 0 Å². The Balaban J connectivity index is 0.00000149. The van der Waals surface area contributed by atoms with Gasteiger partial charge in [-0.05, 0) is 131 Å². The maximum atomic E-state index is 10.2. The number of unbranched alkanes of at least 4 members (excludes halogenated alkanes) is 1. The standard InChI is InChI=1S/C29H46O2.C2H6/c1-5-9-24(6-2)31-19-8-7-10-21-12-14-26-25-13-11-22-20-23(30)15-17-29(22,4)27(25)16-18-28(21,26)3;1-2/h5-6,9,11,21,23,25-27,30H,7-8,10,12-20H2,1-4H3;1-2H3/b9-5-,24-6+;/t21?,23-,25?,26?,27?,28?,29?;/m0./s1. The first kappa shape index (κ1) is 26.6. The van der Waals surface area contributed by atoms with E-state index in [1.165, 1.54) is 57.8 Å². The van der Waals surface area contributed by atoms with Crippen LogP contribution in [0, 0.1) is 34.5 Å². The number of aliphatic hydroxyl groups excluding tert-OH is 1. The molecule has 0 saturated heterocycles.